The van der Waals surface area contributed by atoms with Crippen molar-refractivity contribution in [2.45, 2.75) is 76.6 Å². The molecule has 3 heterocycles. The molecule has 1 fully saturated rings. The number of benzene rings is 2. The van der Waals surface area contributed by atoms with Crippen LogP contribution < -0.4 is 20.4 Å². The normalized spacial score (nSPS) is 14.9. The zero-order valence-electron chi connectivity index (χ0n) is 27.5. The second-order valence-corrected chi connectivity index (χ2v) is 14.9. The lowest BCUT2D eigenvalue weighted by atomic mass is 9.86. The first kappa shape index (κ1) is 32.7. The van der Waals surface area contributed by atoms with Crippen molar-refractivity contribution in [3.63, 3.8) is 0 Å². The van der Waals surface area contributed by atoms with Gasteiger partial charge in [-0.15, -0.1) is 0 Å². The molecule has 4 N–H and O–H groups in total. The molecule has 2 aromatic carbocycles. The molecule has 2 aromatic heterocycles. The molecule has 0 amide bonds. The van der Waals surface area contributed by atoms with Gasteiger partial charge in [0.25, 0.3) is 0 Å². The number of aryl methyl sites for hydroxylation is 2. The van der Waals surface area contributed by atoms with Gasteiger partial charge in [0.15, 0.2) is 15.6 Å². The molecule has 0 aliphatic carbocycles. The van der Waals surface area contributed by atoms with Crippen LogP contribution in [0.2, 0.25) is 0 Å². The zero-order valence-corrected chi connectivity index (χ0v) is 28.3. The van der Waals surface area contributed by atoms with Crippen LogP contribution in [0.15, 0.2) is 47.5 Å². The van der Waals surface area contributed by atoms with E-state index in [0.717, 1.165) is 67.1 Å². The number of methoxy groups -OCH3 is 1. The molecular weight excluding hydrogens is 588 g/mol. The van der Waals surface area contributed by atoms with E-state index in [1.807, 2.05) is 33.0 Å². The summed E-state index contributed by atoms with van der Waals surface area (Å²) in [6.45, 7) is 15.4. The monoisotopic (exact) mass is 635 g/mol. The number of fused-ring (bicyclic) bond motifs is 1. The van der Waals surface area contributed by atoms with Gasteiger partial charge in [-0.2, -0.15) is 0 Å². The van der Waals surface area contributed by atoms with Crippen LogP contribution in [0.5, 0.6) is 5.75 Å². The molecule has 0 spiro atoms. The first-order valence-corrected chi connectivity index (χ1v) is 17.3. The largest absolute Gasteiger partial charge is 0.488 e. The van der Waals surface area contributed by atoms with Crippen molar-refractivity contribution in [3.8, 4) is 5.75 Å². The molecule has 0 atom stereocenters. The third-order valence-corrected chi connectivity index (χ3v) is 10.7. The highest BCUT2D eigenvalue weighted by molar-refractivity contribution is 7.92. The number of nitrogens with one attached hydrogen (secondary N) is 4. The highest BCUT2D eigenvalue weighted by Gasteiger charge is 2.27. The van der Waals surface area contributed by atoms with E-state index in [4.69, 9.17) is 14.5 Å². The summed E-state index contributed by atoms with van der Waals surface area (Å²) in [5, 5.41) is 7.11. The number of ether oxygens (including phenoxy) is 2. The second-order valence-electron chi connectivity index (χ2n) is 12.5. The van der Waals surface area contributed by atoms with E-state index >= 15 is 0 Å². The van der Waals surface area contributed by atoms with Gasteiger partial charge in [-0.3, -0.25) is 10.3 Å². The van der Waals surface area contributed by atoms with Gasteiger partial charge < -0.3 is 19.7 Å². The average molecular weight is 636 g/mol. The van der Waals surface area contributed by atoms with E-state index in [0.29, 0.717) is 23.4 Å². The molecule has 0 unspecified atom stereocenters. The fraction of sp³-hybridized carbons (Fsp3) is 0.471. The average Bonchev–Trinajstić information content (AvgIpc) is 3.38. The maximum absolute atomic E-state index is 13.2. The number of para-hydroxylation sites is 1. The Morgan fingerprint density at radius 3 is 2.47 bits per heavy atom. The van der Waals surface area contributed by atoms with Crippen LogP contribution in [0.1, 0.15) is 63.1 Å². The minimum Gasteiger partial charge on any atom is -0.488 e. The van der Waals surface area contributed by atoms with Crippen LogP contribution in [-0.4, -0.2) is 68.0 Å². The summed E-state index contributed by atoms with van der Waals surface area (Å²) in [7, 11) is -1.77. The summed E-state index contributed by atoms with van der Waals surface area (Å²) >= 11 is 0. The molecule has 0 bridgehead atoms. The van der Waals surface area contributed by atoms with Crippen molar-refractivity contribution >= 4 is 44.0 Å². The Hall–Kier alpha value is -3.67. The van der Waals surface area contributed by atoms with Crippen molar-refractivity contribution in [2.24, 2.45) is 0 Å². The van der Waals surface area contributed by atoms with Gasteiger partial charge >= 0.3 is 5.95 Å². The molecule has 1 saturated heterocycles. The molecule has 4 aromatic rings. The van der Waals surface area contributed by atoms with Crippen LogP contribution in [0.3, 0.4) is 0 Å². The lowest BCUT2D eigenvalue weighted by molar-refractivity contribution is -0.333. The van der Waals surface area contributed by atoms with Crippen LogP contribution in [-0.2, 0) is 14.6 Å². The van der Waals surface area contributed by atoms with E-state index in [9.17, 15) is 8.42 Å². The van der Waals surface area contributed by atoms with Gasteiger partial charge in [-0.05, 0) is 114 Å². The van der Waals surface area contributed by atoms with Gasteiger partial charge in [0, 0.05) is 19.9 Å². The summed E-state index contributed by atoms with van der Waals surface area (Å²) in [4.78, 5) is 14.3. The fourth-order valence-corrected chi connectivity index (χ4v) is 7.20. The van der Waals surface area contributed by atoms with Crippen molar-refractivity contribution in [1.29, 1.82) is 0 Å². The molecule has 10 nitrogen and oxygen atoms in total. The number of aromatic amines is 2. The molecule has 0 saturated carbocycles. The number of anilines is 4. The number of hydrogen-bond donors (Lipinski definition) is 3. The summed E-state index contributed by atoms with van der Waals surface area (Å²) < 4.78 is 38.0. The Kier molecular flexibility index (Phi) is 10.0. The number of hydrogen-bond acceptors (Lipinski definition) is 8. The first-order chi connectivity index (χ1) is 21.5. The Morgan fingerprint density at radius 2 is 1.78 bits per heavy atom. The molecule has 11 heteroatoms. The smallest absolute Gasteiger partial charge is 0.351 e. The fourth-order valence-electron chi connectivity index (χ4n) is 6.00. The van der Waals surface area contributed by atoms with Gasteiger partial charge in [-0.25, -0.2) is 13.4 Å². The summed E-state index contributed by atoms with van der Waals surface area (Å²) in [5.41, 5.74) is 5.55. The number of H-pyrrole nitrogens is 2. The van der Waals surface area contributed by atoms with Crippen molar-refractivity contribution in [3.05, 3.63) is 59.3 Å². The third-order valence-electron chi connectivity index (χ3n) is 8.47. The molecular formula is C34H47N6O4S+. The van der Waals surface area contributed by atoms with Gasteiger partial charge in [0.05, 0.1) is 28.5 Å². The van der Waals surface area contributed by atoms with E-state index in [-0.39, 0.29) is 11.0 Å². The summed E-state index contributed by atoms with van der Waals surface area (Å²) in [6, 6.07) is 11.3. The number of piperidine rings is 1. The third kappa shape index (κ3) is 7.26. The second kappa shape index (κ2) is 13.8. The minimum atomic E-state index is -3.53. The van der Waals surface area contributed by atoms with Crippen LogP contribution in [0.25, 0.3) is 11.0 Å². The quantitative estimate of drug-likeness (QED) is 0.166. The van der Waals surface area contributed by atoms with E-state index < -0.39 is 15.1 Å². The predicted octanol–water partition coefficient (Wildman–Crippen LogP) is 6.28. The van der Waals surface area contributed by atoms with Crippen molar-refractivity contribution in [2.75, 3.05) is 44.0 Å². The molecule has 1 aliphatic heterocycles. The summed E-state index contributed by atoms with van der Waals surface area (Å²) in [6.07, 6.45) is 4.08. The molecule has 1 aliphatic rings. The molecule has 5 rings (SSSR count). The van der Waals surface area contributed by atoms with Crippen LogP contribution in [0, 0.1) is 13.8 Å². The standard InChI is InChI=1S/C34H46N6O4S/c1-21(2)44-29-19-26(25-12-14-40(15-13-25)16-17-43-7)23(5)18-28(29)37-34-38-32-31(24(6)20-35-32)33(39-34)36-27-10-8-9-11-30(27)45(41,42)22(3)4/h8-11,18-22,25H,12-17H2,1-7H3,(H3,35,36,37,38,39)/p+1. The summed E-state index contributed by atoms with van der Waals surface area (Å²) in [5.74, 6) is 2.26. The lowest BCUT2D eigenvalue weighted by Gasteiger charge is -2.33. The van der Waals surface area contributed by atoms with Crippen LogP contribution >= 0.6 is 0 Å². The van der Waals surface area contributed by atoms with Crippen LogP contribution in [0.4, 0.5) is 23.1 Å². The van der Waals surface area contributed by atoms with Crippen molar-refractivity contribution < 1.29 is 22.9 Å². The first-order valence-electron chi connectivity index (χ1n) is 15.8. The van der Waals surface area contributed by atoms with E-state index in [1.165, 1.54) is 11.1 Å². The van der Waals surface area contributed by atoms with Gasteiger partial charge in [0.2, 0.25) is 11.5 Å². The number of likely N-dealkylation sites (tertiary alicyclic amines) is 1. The topological polar surface area (TPSA) is 123 Å². The Labute approximate surface area is 266 Å². The number of nitrogens with zero attached hydrogens (tertiary/aromatic N) is 2. The van der Waals surface area contributed by atoms with Crippen molar-refractivity contribution in [1.82, 2.24) is 14.9 Å². The molecule has 45 heavy (non-hydrogen) atoms. The Morgan fingerprint density at radius 1 is 1.04 bits per heavy atom. The van der Waals surface area contributed by atoms with E-state index in [2.05, 4.69) is 44.6 Å². The lowest BCUT2D eigenvalue weighted by Crippen LogP contribution is -2.35. The maximum atomic E-state index is 13.2. The highest BCUT2D eigenvalue weighted by atomic mass is 32.2. The Balaban J connectivity index is 1.49. The SMILES string of the molecule is COCCN1CCC(c2cc(OC(C)C)c(Nc3nc(Nc4ccccc4S(=O)(=O)C(C)C)c4c(C)c[nH]c4[nH+]3)cc2C)CC1. The maximum Gasteiger partial charge on any atom is 0.351 e. The zero-order chi connectivity index (χ0) is 32.3. The number of rotatable bonds is 12. The van der Waals surface area contributed by atoms with Gasteiger partial charge in [0.1, 0.15) is 11.1 Å². The number of sulfone groups is 1. The highest BCUT2D eigenvalue weighted by Crippen LogP contribution is 2.38. The molecule has 242 valence electrons. The molecule has 0 radical (unpaired) electrons. The Bertz CT molecular complexity index is 1740. The van der Waals surface area contributed by atoms with Gasteiger partial charge in [-0.1, -0.05) is 17.1 Å². The minimum absolute atomic E-state index is 0.0147. The van der Waals surface area contributed by atoms with E-state index in [1.54, 1.807) is 39.2 Å². The number of aromatic nitrogens is 3. The predicted molar refractivity (Wildman–Crippen MR) is 180 cm³/mol.